The number of hydrogen-bond acceptors (Lipinski definition) is 6. The number of rotatable bonds is 13. The predicted molar refractivity (Wildman–Crippen MR) is 150 cm³/mol. The van der Waals surface area contributed by atoms with Crippen LogP contribution in [0.15, 0.2) is 24.3 Å². The first kappa shape index (κ1) is 31.4. The number of ether oxygens (including phenoxy) is 1. The van der Waals surface area contributed by atoms with Crippen molar-refractivity contribution in [3.63, 3.8) is 0 Å². The molecule has 1 unspecified atom stereocenters. The van der Waals surface area contributed by atoms with E-state index in [0.717, 1.165) is 23.9 Å². The van der Waals surface area contributed by atoms with Gasteiger partial charge in [0.15, 0.2) is 0 Å². The summed E-state index contributed by atoms with van der Waals surface area (Å²) in [5.74, 6) is -0.202. The fourth-order valence-corrected chi connectivity index (χ4v) is 5.66. The smallest absolute Gasteiger partial charge is 0.417 e. The zero-order chi connectivity index (χ0) is 27.8. The van der Waals surface area contributed by atoms with Crippen LogP contribution >= 0.6 is 23.5 Å². The van der Waals surface area contributed by atoms with Crippen LogP contribution in [0.3, 0.4) is 0 Å². The molecule has 7 nitrogen and oxygen atoms in total. The Bertz CT molecular complexity index is 933. The lowest BCUT2D eigenvalue weighted by Gasteiger charge is -2.30. The van der Waals surface area contributed by atoms with Gasteiger partial charge in [0.05, 0.1) is 11.4 Å². The maximum absolute atomic E-state index is 13.3. The molecular weight excluding hydrogens is 512 g/mol. The largest absolute Gasteiger partial charge is 0.448 e. The normalized spacial score (nSPS) is 18.6. The zero-order valence-corrected chi connectivity index (χ0v) is 24.5. The van der Waals surface area contributed by atoms with Gasteiger partial charge in [-0.25, -0.2) is 4.79 Å². The molecule has 0 radical (unpaired) electrons. The zero-order valence-electron chi connectivity index (χ0n) is 22.9. The molecule has 1 aromatic rings. The minimum atomic E-state index is -0.603. The van der Waals surface area contributed by atoms with Gasteiger partial charge in [0.2, 0.25) is 5.91 Å². The van der Waals surface area contributed by atoms with Gasteiger partial charge in [-0.2, -0.15) is 0 Å². The molecule has 0 saturated carbocycles. The molecule has 4 atom stereocenters. The van der Waals surface area contributed by atoms with Crippen molar-refractivity contribution in [2.45, 2.75) is 90.4 Å². The number of nitrogens with one attached hydrogen (secondary N) is 2. The monoisotopic (exact) mass is 554 g/mol. The van der Waals surface area contributed by atoms with Crippen LogP contribution in [0, 0.1) is 17.3 Å². The quantitative estimate of drug-likeness (QED) is 0.271. The summed E-state index contributed by atoms with van der Waals surface area (Å²) < 4.78 is 8.17. The first-order chi connectivity index (χ1) is 17.2. The average Bonchev–Trinajstić information content (AvgIpc) is 3.23. The molecule has 1 fully saturated rings. The lowest BCUT2D eigenvalue weighted by molar-refractivity contribution is -0.123. The summed E-state index contributed by atoms with van der Waals surface area (Å²) in [5, 5.41) is 13.5. The fourth-order valence-electron chi connectivity index (χ4n) is 4.60. The molecule has 37 heavy (non-hydrogen) atoms. The van der Waals surface area contributed by atoms with E-state index in [9.17, 15) is 19.5 Å². The molecule has 208 valence electrons. The van der Waals surface area contributed by atoms with E-state index in [1.54, 1.807) is 6.07 Å². The van der Waals surface area contributed by atoms with Crippen LogP contribution in [0.1, 0.15) is 79.2 Å². The van der Waals surface area contributed by atoms with Crippen molar-refractivity contribution < 1.29 is 24.2 Å². The number of amides is 2. The highest BCUT2D eigenvalue weighted by atomic mass is 35.5. The summed E-state index contributed by atoms with van der Waals surface area (Å²) in [5.41, 5.74) is 0.124. The van der Waals surface area contributed by atoms with Crippen LogP contribution in [0.5, 0.6) is 0 Å². The van der Waals surface area contributed by atoms with E-state index in [1.165, 1.54) is 0 Å². The lowest BCUT2D eigenvalue weighted by atomic mass is 9.82. The molecule has 2 rings (SSSR count). The van der Waals surface area contributed by atoms with Gasteiger partial charge in [-0.05, 0) is 66.7 Å². The van der Waals surface area contributed by atoms with E-state index in [1.807, 2.05) is 59.7 Å². The minimum Gasteiger partial charge on any atom is -0.448 e. The summed E-state index contributed by atoms with van der Waals surface area (Å²) in [7, 11) is 0. The third-order valence-electron chi connectivity index (χ3n) is 6.98. The number of Topliss-reactive ketones (excluding diaryl/α,β-unsaturated/α-hetero) is 1. The Hall–Kier alpha value is -1.77. The summed E-state index contributed by atoms with van der Waals surface area (Å²) in [6, 6.07) is 7.46. The summed E-state index contributed by atoms with van der Waals surface area (Å²) in [4.78, 5) is 37.8. The molecule has 1 aromatic carbocycles. The van der Waals surface area contributed by atoms with Crippen molar-refractivity contribution in [2.75, 3.05) is 13.2 Å². The number of halogens is 1. The number of carbonyl (C=O) groups is 3. The van der Waals surface area contributed by atoms with Crippen LogP contribution in [-0.2, 0) is 19.7 Å². The Kier molecular flexibility index (Phi) is 11.8. The van der Waals surface area contributed by atoms with Crippen molar-refractivity contribution in [2.24, 2.45) is 17.3 Å². The molecule has 0 spiro atoms. The molecule has 0 bridgehead atoms. The maximum atomic E-state index is 13.3. The number of carbonyl (C=O) groups excluding carboxylic acids is 3. The Labute approximate surface area is 231 Å². The second-order valence-corrected chi connectivity index (χ2v) is 13.0. The number of hydrogen-bond donors (Lipinski definition) is 3. The van der Waals surface area contributed by atoms with E-state index in [4.69, 9.17) is 16.3 Å². The minimum absolute atomic E-state index is 0.00114. The van der Waals surface area contributed by atoms with Crippen molar-refractivity contribution in [1.82, 2.24) is 10.0 Å². The van der Waals surface area contributed by atoms with E-state index >= 15 is 0 Å². The lowest BCUT2D eigenvalue weighted by Crippen LogP contribution is -2.37. The predicted octanol–water partition coefficient (Wildman–Crippen LogP) is 5.67. The van der Waals surface area contributed by atoms with Gasteiger partial charge in [-0.1, -0.05) is 65.3 Å². The molecular formula is C28H43ClN2O5S. The molecule has 0 aromatic heterocycles. The van der Waals surface area contributed by atoms with Gasteiger partial charge in [-0.3, -0.25) is 14.3 Å². The molecule has 3 N–H and O–H groups in total. The summed E-state index contributed by atoms with van der Waals surface area (Å²) >= 11 is 7.17. The van der Waals surface area contributed by atoms with Crippen molar-refractivity contribution in [3.05, 3.63) is 34.9 Å². The second kappa shape index (κ2) is 13.9. The van der Waals surface area contributed by atoms with Crippen LogP contribution in [-0.4, -0.2) is 47.4 Å². The summed E-state index contributed by atoms with van der Waals surface area (Å²) in [6.07, 6.45) is 1.52. The van der Waals surface area contributed by atoms with E-state index in [2.05, 4.69) is 10.0 Å². The third kappa shape index (κ3) is 9.80. The third-order valence-corrected chi connectivity index (χ3v) is 8.71. The highest BCUT2D eigenvalue weighted by Crippen LogP contribution is 2.33. The number of ketones is 1. The standard InChI is InChI=1S/C28H43ClN2O5S/c1-7-22(32)18(15-19-13-14-30-25(19)34)11-12-23(33)24(27(2,3)4)37-31-26(35)36-17-28(5,6)20-9-8-10-21(29)16-20/h8-10,16,18-19,22,24,32H,7,11-15,17H2,1-6H3,(H,30,34)(H,31,35)/t18-,19-,22?,24+/m0/s1. The Morgan fingerprint density at radius 1 is 1.27 bits per heavy atom. The Balaban J connectivity index is 1.93. The van der Waals surface area contributed by atoms with E-state index in [-0.39, 0.29) is 36.6 Å². The van der Waals surface area contributed by atoms with Crippen molar-refractivity contribution in [3.8, 4) is 0 Å². The highest BCUT2D eigenvalue weighted by Gasteiger charge is 2.35. The van der Waals surface area contributed by atoms with Crippen molar-refractivity contribution in [1.29, 1.82) is 0 Å². The van der Waals surface area contributed by atoms with E-state index in [0.29, 0.717) is 30.8 Å². The molecule has 2 amide bonds. The van der Waals surface area contributed by atoms with Gasteiger partial charge in [0.1, 0.15) is 12.4 Å². The maximum Gasteiger partial charge on any atom is 0.417 e. The Morgan fingerprint density at radius 3 is 2.54 bits per heavy atom. The Morgan fingerprint density at radius 2 is 1.97 bits per heavy atom. The molecule has 1 saturated heterocycles. The second-order valence-electron chi connectivity index (χ2n) is 11.7. The molecule has 1 aliphatic rings. The van der Waals surface area contributed by atoms with E-state index < -0.39 is 28.3 Å². The first-order valence-electron chi connectivity index (χ1n) is 13.1. The SMILES string of the molecule is CCC(O)[C@@H](CCC(=O)[C@@H](SNC(=O)OCC(C)(C)c1cccc(Cl)c1)C(C)(C)C)C[C@@H]1CCNC1=O. The van der Waals surface area contributed by atoms with Gasteiger partial charge >= 0.3 is 6.09 Å². The average molecular weight is 555 g/mol. The fraction of sp³-hybridized carbons (Fsp3) is 0.679. The van der Waals surface area contributed by atoms with Crippen LogP contribution < -0.4 is 10.0 Å². The van der Waals surface area contributed by atoms with Gasteiger partial charge in [-0.15, -0.1) is 0 Å². The molecule has 0 aliphatic carbocycles. The van der Waals surface area contributed by atoms with Crippen LogP contribution in [0.4, 0.5) is 4.79 Å². The van der Waals surface area contributed by atoms with Crippen LogP contribution in [0.25, 0.3) is 0 Å². The van der Waals surface area contributed by atoms with Crippen LogP contribution in [0.2, 0.25) is 5.02 Å². The van der Waals surface area contributed by atoms with Crippen molar-refractivity contribution >= 4 is 41.3 Å². The molecule has 1 aliphatic heterocycles. The number of aliphatic hydroxyl groups is 1. The molecule has 9 heteroatoms. The summed E-state index contributed by atoms with van der Waals surface area (Å²) in [6.45, 7) is 12.5. The molecule has 1 heterocycles. The number of benzene rings is 1. The topological polar surface area (TPSA) is 105 Å². The van der Waals surface area contributed by atoms with Gasteiger partial charge < -0.3 is 15.2 Å². The number of aliphatic hydroxyl groups excluding tert-OH is 1. The van der Waals surface area contributed by atoms with Gasteiger partial charge in [0.25, 0.3) is 0 Å². The van der Waals surface area contributed by atoms with Gasteiger partial charge in [0, 0.05) is 29.3 Å². The first-order valence-corrected chi connectivity index (χ1v) is 14.3. The highest BCUT2D eigenvalue weighted by molar-refractivity contribution is 7.99.